The lowest BCUT2D eigenvalue weighted by atomic mass is 10.00. The van der Waals surface area contributed by atoms with Gasteiger partial charge in [0.2, 0.25) is 5.91 Å². The molecular formula is C15H21N5O3S2. The smallest absolute Gasteiger partial charge is 0.280 e. The standard InChI is InChI=1S/C15H21N5O3S2/c1-10-12(9-17-19(10)2)13-7-14(20(3)25(22,23)18-13)15(21)16-8-11-5-4-6-24-11/h4-6,9,13-14,18H,7-8H2,1-3H3,(H,16,21). The molecule has 0 aliphatic carbocycles. The number of aryl methyl sites for hydroxylation is 1. The number of hydrogen-bond acceptors (Lipinski definition) is 5. The van der Waals surface area contributed by atoms with Gasteiger partial charge in [-0.2, -0.15) is 22.5 Å². The van der Waals surface area contributed by atoms with Crippen LogP contribution in [-0.2, 0) is 28.6 Å². The van der Waals surface area contributed by atoms with E-state index in [-0.39, 0.29) is 5.91 Å². The first-order chi connectivity index (χ1) is 11.8. The Hall–Kier alpha value is -1.75. The van der Waals surface area contributed by atoms with Crippen LogP contribution in [0, 0.1) is 6.92 Å². The Kier molecular flexibility index (Phi) is 4.96. The zero-order valence-corrected chi connectivity index (χ0v) is 15.9. The first-order valence-electron chi connectivity index (χ1n) is 7.83. The third kappa shape index (κ3) is 3.61. The van der Waals surface area contributed by atoms with Gasteiger partial charge < -0.3 is 5.32 Å². The van der Waals surface area contributed by atoms with Crippen molar-refractivity contribution in [2.45, 2.75) is 32.0 Å². The van der Waals surface area contributed by atoms with Crippen molar-refractivity contribution in [3.8, 4) is 0 Å². The van der Waals surface area contributed by atoms with Gasteiger partial charge in [-0.3, -0.25) is 9.48 Å². The van der Waals surface area contributed by atoms with E-state index in [2.05, 4.69) is 15.1 Å². The molecule has 2 unspecified atom stereocenters. The van der Waals surface area contributed by atoms with Gasteiger partial charge in [0.1, 0.15) is 6.04 Å². The number of carbonyl (C=O) groups is 1. The summed E-state index contributed by atoms with van der Waals surface area (Å²) in [5.41, 5.74) is 1.66. The molecule has 1 amide bonds. The highest BCUT2D eigenvalue weighted by molar-refractivity contribution is 7.87. The molecule has 1 saturated heterocycles. The minimum absolute atomic E-state index is 0.299. The average molecular weight is 383 g/mol. The number of nitrogens with one attached hydrogen (secondary N) is 2. The van der Waals surface area contributed by atoms with Gasteiger partial charge in [-0.05, 0) is 24.8 Å². The lowest BCUT2D eigenvalue weighted by molar-refractivity contribution is -0.125. The van der Waals surface area contributed by atoms with Gasteiger partial charge in [0.15, 0.2) is 0 Å². The van der Waals surface area contributed by atoms with E-state index in [0.29, 0.717) is 13.0 Å². The number of hydrogen-bond donors (Lipinski definition) is 2. The predicted octanol–water partition coefficient (Wildman–Crippen LogP) is 0.686. The molecule has 0 aromatic carbocycles. The van der Waals surface area contributed by atoms with E-state index in [1.165, 1.54) is 7.05 Å². The Balaban J connectivity index is 1.79. The fourth-order valence-corrected chi connectivity index (χ4v) is 4.79. The highest BCUT2D eigenvalue weighted by atomic mass is 32.2. The number of aromatic nitrogens is 2. The van der Waals surface area contributed by atoms with Gasteiger partial charge in [-0.25, -0.2) is 0 Å². The topological polar surface area (TPSA) is 96.3 Å². The normalized spacial score (nSPS) is 23.5. The fourth-order valence-electron chi connectivity index (χ4n) is 2.88. The van der Waals surface area contributed by atoms with E-state index in [1.54, 1.807) is 29.3 Å². The average Bonchev–Trinajstić information content (AvgIpc) is 3.19. The van der Waals surface area contributed by atoms with Gasteiger partial charge in [-0.1, -0.05) is 6.07 Å². The molecule has 1 aliphatic heterocycles. The van der Waals surface area contributed by atoms with Crippen LogP contribution < -0.4 is 10.0 Å². The van der Waals surface area contributed by atoms with Gasteiger partial charge in [0, 0.05) is 30.2 Å². The number of nitrogens with zero attached hydrogens (tertiary/aromatic N) is 3. The van der Waals surface area contributed by atoms with Crippen molar-refractivity contribution in [3.05, 3.63) is 39.8 Å². The Morgan fingerprint density at radius 2 is 2.24 bits per heavy atom. The molecule has 25 heavy (non-hydrogen) atoms. The highest BCUT2D eigenvalue weighted by Gasteiger charge is 2.41. The molecule has 3 heterocycles. The molecular weight excluding hydrogens is 362 g/mol. The third-order valence-corrected chi connectivity index (χ3v) is 7.01. The Bertz CT molecular complexity index is 860. The largest absolute Gasteiger partial charge is 0.350 e. The molecule has 1 fully saturated rings. The maximum atomic E-state index is 12.6. The quantitative estimate of drug-likeness (QED) is 0.812. The van der Waals surface area contributed by atoms with E-state index >= 15 is 0 Å². The number of carbonyl (C=O) groups excluding carboxylic acids is 1. The third-order valence-electron chi connectivity index (χ3n) is 4.54. The second kappa shape index (κ2) is 6.87. The molecule has 0 radical (unpaired) electrons. The fraction of sp³-hybridized carbons (Fsp3) is 0.467. The van der Waals surface area contributed by atoms with Crippen LogP contribution in [0.4, 0.5) is 0 Å². The second-order valence-corrected chi connectivity index (χ2v) is 8.84. The minimum atomic E-state index is -3.74. The van der Waals surface area contributed by atoms with E-state index < -0.39 is 22.3 Å². The molecule has 8 nitrogen and oxygen atoms in total. The number of rotatable bonds is 4. The number of likely N-dealkylation sites (N-methyl/N-ethyl adjacent to an activating group) is 1. The summed E-state index contributed by atoms with van der Waals surface area (Å²) in [6.45, 7) is 2.27. The van der Waals surface area contributed by atoms with Crippen molar-refractivity contribution in [2.24, 2.45) is 7.05 Å². The molecule has 3 rings (SSSR count). The van der Waals surface area contributed by atoms with Crippen LogP contribution in [0.1, 0.15) is 28.6 Å². The molecule has 0 bridgehead atoms. The summed E-state index contributed by atoms with van der Waals surface area (Å²) in [6, 6.07) is 2.59. The first kappa shape index (κ1) is 18.1. The lowest BCUT2D eigenvalue weighted by Gasteiger charge is -2.36. The molecule has 2 N–H and O–H groups in total. The van der Waals surface area contributed by atoms with Crippen LogP contribution in [0.3, 0.4) is 0 Å². The monoisotopic (exact) mass is 383 g/mol. The van der Waals surface area contributed by atoms with Gasteiger partial charge in [-0.15, -0.1) is 11.3 Å². The van der Waals surface area contributed by atoms with Crippen molar-refractivity contribution >= 4 is 27.5 Å². The Labute approximate surface area is 151 Å². The first-order valence-corrected chi connectivity index (χ1v) is 10.2. The van der Waals surface area contributed by atoms with E-state index in [4.69, 9.17) is 0 Å². The number of amides is 1. The SMILES string of the molecule is Cc1c(C2CC(C(=O)NCc3cccs3)N(C)S(=O)(=O)N2)cnn1C. The molecule has 2 aromatic heterocycles. The Morgan fingerprint density at radius 1 is 1.48 bits per heavy atom. The van der Waals surface area contributed by atoms with Crippen molar-refractivity contribution in [1.29, 1.82) is 0 Å². The van der Waals surface area contributed by atoms with E-state index in [1.807, 2.05) is 24.4 Å². The van der Waals surface area contributed by atoms with E-state index in [9.17, 15) is 13.2 Å². The predicted molar refractivity (Wildman–Crippen MR) is 95.1 cm³/mol. The van der Waals surface area contributed by atoms with Crippen LogP contribution in [-0.4, -0.2) is 41.5 Å². The van der Waals surface area contributed by atoms with Crippen LogP contribution >= 0.6 is 11.3 Å². The van der Waals surface area contributed by atoms with Crippen LogP contribution in [0.25, 0.3) is 0 Å². The maximum absolute atomic E-state index is 12.6. The molecule has 0 saturated carbocycles. The molecule has 0 spiro atoms. The van der Waals surface area contributed by atoms with Gasteiger partial charge in [0.05, 0.1) is 18.8 Å². The second-order valence-electron chi connectivity index (χ2n) is 6.05. The maximum Gasteiger partial charge on any atom is 0.280 e. The zero-order valence-electron chi connectivity index (χ0n) is 14.3. The summed E-state index contributed by atoms with van der Waals surface area (Å²) in [6.07, 6.45) is 1.99. The van der Waals surface area contributed by atoms with Crippen molar-refractivity contribution < 1.29 is 13.2 Å². The van der Waals surface area contributed by atoms with Crippen molar-refractivity contribution in [2.75, 3.05) is 7.05 Å². The number of thiophene rings is 1. The van der Waals surface area contributed by atoms with E-state index in [0.717, 1.165) is 20.4 Å². The van der Waals surface area contributed by atoms with Gasteiger partial charge in [0.25, 0.3) is 10.2 Å². The van der Waals surface area contributed by atoms with Crippen molar-refractivity contribution in [3.63, 3.8) is 0 Å². The molecule has 2 atom stereocenters. The summed E-state index contributed by atoms with van der Waals surface area (Å²) in [4.78, 5) is 13.6. The summed E-state index contributed by atoms with van der Waals surface area (Å²) >= 11 is 1.54. The van der Waals surface area contributed by atoms with Crippen LogP contribution in [0.2, 0.25) is 0 Å². The highest BCUT2D eigenvalue weighted by Crippen LogP contribution is 2.29. The molecule has 10 heteroatoms. The van der Waals surface area contributed by atoms with Gasteiger partial charge >= 0.3 is 0 Å². The minimum Gasteiger partial charge on any atom is -0.350 e. The molecule has 136 valence electrons. The van der Waals surface area contributed by atoms with Crippen LogP contribution in [0.5, 0.6) is 0 Å². The molecule has 2 aromatic rings. The summed E-state index contributed by atoms with van der Waals surface area (Å²) in [7, 11) is -0.525. The Morgan fingerprint density at radius 3 is 2.84 bits per heavy atom. The van der Waals surface area contributed by atoms with Crippen molar-refractivity contribution in [1.82, 2.24) is 24.1 Å². The summed E-state index contributed by atoms with van der Waals surface area (Å²) < 4.78 is 30.3. The van der Waals surface area contributed by atoms with Crippen LogP contribution in [0.15, 0.2) is 23.7 Å². The molecule has 1 aliphatic rings. The zero-order chi connectivity index (χ0) is 18.2. The lowest BCUT2D eigenvalue weighted by Crippen LogP contribution is -2.57. The summed E-state index contributed by atoms with van der Waals surface area (Å²) in [5, 5.41) is 8.93. The summed E-state index contributed by atoms with van der Waals surface area (Å²) in [5.74, 6) is -0.299.